The molecule has 5 heteroatoms. The smallest absolute Gasteiger partial charge is 0.134 e. The second kappa shape index (κ2) is 5.32. The van der Waals surface area contributed by atoms with Gasteiger partial charge in [0.1, 0.15) is 11.6 Å². The molecule has 108 valence electrons. The predicted octanol–water partition coefficient (Wildman–Crippen LogP) is 2.93. The Labute approximate surface area is 117 Å². The second-order valence-electron chi connectivity index (χ2n) is 5.02. The maximum atomic E-state index is 14.3. The minimum absolute atomic E-state index is 0.0479. The highest BCUT2D eigenvalue weighted by molar-refractivity contribution is 5.40. The maximum Gasteiger partial charge on any atom is 0.134 e. The highest BCUT2D eigenvalue weighted by atomic mass is 19.1. The van der Waals surface area contributed by atoms with Gasteiger partial charge in [-0.15, -0.1) is 0 Å². The van der Waals surface area contributed by atoms with E-state index in [1.54, 1.807) is 18.7 Å². The molecule has 1 aromatic carbocycles. The molecule has 20 heavy (non-hydrogen) atoms. The molecule has 0 saturated heterocycles. The minimum atomic E-state index is -0.552. The molecule has 1 atom stereocenters. The summed E-state index contributed by atoms with van der Waals surface area (Å²) in [4.78, 5) is 0. The standard InChI is InChI=1S/C15H19F2N3/c1-8-6-7-11(16)13(14(8)17)15(18-4)12-9(2)19-20(5)10(12)3/h6-7,15,18H,1-5H3. The molecule has 0 bridgehead atoms. The van der Waals surface area contributed by atoms with Gasteiger partial charge in [-0.1, -0.05) is 6.07 Å². The van der Waals surface area contributed by atoms with Crippen molar-refractivity contribution in [3.8, 4) is 0 Å². The summed E-state index contributed by atoms with van der Waals surface area (Å²) in [6, 6.07) is 2.20. The number of nitrogens with one attached hydrogen (secondary N) is 1. The molecule has 2 aromatic rings. The molecule has 0 radical (unpaired) electrons. The molecule has 1 aromatic heterocycles. The van der Waals surface area contributed by atoms with Gasteiger partial charge in [0.2, 0.25) is 0 Å². The number of nitrogens with zero attached hydrogens (tertiary/aromatic N) is 2. The van der Waals surface area contributed by atoms with Crippen molar-refractivity contribution in [2.75, 3.05) is 7.05 Å². The number of benzene rings is 1. The van der Waals surface area contributed by atoms with Gasteiger partial charge in [-0.2, -0.15) is 5.10 Å². The van der Waals surface area contributed by atoms with Crippen LogP contribution in [0.25, 0.3) is 0 Å². The van der Waals surface area contributed by atoms with Crippen LogP contribution in [-0.2, 0) is 7.05 Å². The molecular formula is C15H19F2N3. The Morgan fingerprint density at radius 2 is 1.80 bits per heavy atom. The van der Waals surface area contributed by atoms with E-state index in [1.165, 1.54) is 12.1 Å². The third kappa shape index (κ3) is 2.22. The Kier molecular flexibility index (Phi) is 3.90. The van der Waals surface area contributed by atoms with Crippen LogP contribution in [0.15, 0.2) is 12.1 Å². The van der Waals surface area contributed by atoms with E-state index in [4.69, 9.17) is 0 Å². The monoisotopic (exact) mass is 279 g/mol. The predicted molar refractivity (Wildman–Crippen MR) is 74.7 cm³/mol. The van der Waals surface area contributed by atoms with E-state index < -0.39 is 17.7 Å². The molecule has 1 unspecified atom stereocenters. The Bertz CT molecular complexity index is 647. The van der Waals surface area contributed by atoms with Gasteiger partial charge in [0.05, 0.1) is 11.7 Å². The van der Waals surface area contributed by atoms with Crippen LogP contribution in [0.1, 0.15) is 34.1 Å². The van der Waals surface area contributed by atoms with E-state index in [9.17, 15) is 8.78 Å². The van der Waals surface area contributed by atoms with Crippen LogP contribution in [0, 0.1) is 32.4 Å². The van der Waals surface area contributed by atoms with Crippen molar-refractivity contribution in [1.29, 1.82) is 0 Å². The van der Waals surface area contributed by atoms with E-state index in [1.807, 2.05) is 20.9 Å². The van der Waals surface area contributed by atoms with E-state index in [0.717, 1.165) is 17.0 Å². The highest BCUT2D eigenvalue weighted by Crippen LogP contribution is 2.31. The van der Waals surface area contributed by atoms with Gasteiger partial charge < -0.3 is 5.32 Å². The fourth-order valence-corrected chi connectivity index (χ4v) is 2.58. The Morgan fingerprint density at radius 1 is 1.15 bits per heavy atom. The fourth-order valence-electron chi connectivity index (χ4n) is 2.58. The quantitative estimate of drug-likeness (QED) is 0.936. The summed E-state index contributed by atoms with van der Waals surface area (Å²) in [5.74, 6) is -1.05. The normalized spacial score (nSPS) is 12.8. The SMILES string of the molecule is CNC(c1c(F)ccc(C)c1F)c1c(C)nn(C)c1C. The largest absolute Gasteiger partial charge is 0.309 e. The van der Waals surface area contributed by atoms with Crippen molar-refractivity contribution in [3.63, 3.8) is 0 Å². The van der Waals surface area contributed by atoms with E-state index >= 15 is 0 Å². The number of aromatic nitrogens is 2. The molecule has 1 N–H and O–H groups in total. The summed E-state index contributed by atoms with van der Waals surface area (Å²) in [7, 11) is 3.51. The molecule has 0 amide bonds. The Hall–Kier alpha value is -1.75. The molecule has 0 spiro atoms. The number of hydrogen-bond acceptors (Lipinski definition) is 2. The average Bonchev–Trinajstić information content (AvgIpc) is 2.65. The summed E-state index contributed by atoms with van der Waals surface area (Å²) < 4.78 is 30.2. The molecule has 0 aliphatic heterocycles. The topological polar surface area (TPSA) is 29.9 Å². The zero-order valence-electron chi connectivity index (χ0n) is 12.4. The van der Waals surface area contributed by atoms with Gasteiger partial charge in [0.25, 0.3) is 0 Å². The van der Waals surface area contributed by atoms with E-state index in [-0.39, 0.29) is 5.56 Å². The Balaban J connectivity index is 2.68. The van der Waals surface area contributed by atoms with E-state index in [0.29, 0.717) is 5.56 Å². The van der Waals surface area contributed by atoms with Gasteiger partial charge in [0.15, 0.2) is 0 Å². The number of aryl methyl sites for hydroxylation is 3. The van der Waals surface area contributed by atoms with Gasteiger partial charge in [-0.3, -0.25) is 4.68 Å². The van der Waals surface area contributed by atoms with Crippen LogP contribution in [0.5, 0.6) is 0 Å². The fraction of sp³-hybridized carbons (Fsp3) is 0.400. The Morgan fingerprint density at radius 3 is 2.30 bits per heavy atom. The van der Waals surface area contributed by atoms with Crippen molar-refractivity contribution in [2.24, 2.45) is 7.05 Å². The van der Waals surface area contributed by atoms with E-state index in [2.05, 4.69) is 10.4 Å². The number of halogens is 2. The van der Waals surface area contributed by atoms with Crippen LogP contribution < -0.4 is 5.32 Å². The maximum absolute atomic E-state index is 14.3. The third-order valence-corrected chi connectivity index (χ3v) is 3.75. The van der Waals surface area contributed by atoms with Crippen LogP contribution in [-0.4, -0.2) is 16.8 Å². The third-order valence-electron chi connectivity index (χ3n) is 3.75. The van der Waals surface area contributed by atoms with Crippen LogP contribution in [0.4, 0.5) is 8.78 Å². The summed E-state index contributed by atoms with van der Waals surface area (Å²) in [6.07, 6.45) is 0. The van der Waals surface area contributed by atoms with Crippen molar-refractivity contribution in [3.05, 3.63) is 51.8 Å². The molecule has 0 aliphatic carbocycles. The van der Waals surface area contributed by atoms with Gasteiger partial charge in [-0.25, -0.2) is 8.78 Å². The molecule has 3 nitrogen and oxygen atoms in total. The first-order chi connectivity index (χ1) is 9.38. The van der Waals surface area contributed by atoms with Crippen molar-refractivity contribution in [2.45, 2.75) is 26.8 Å². The van der Waals surface area contributed by atoms with Crippen LogP contribution in [0.3, 0.4) is 0 Å². The molecule has 0 saturated carbocycles. The first-order valence-corrected chi connectivity index (χ1v) is 6.50. The van der Waals surface area contributed by atoms with Crippen molar-refractivity contribution in [1.82, 2.24) is 15.1 Å². The number of hydrogen-bond donors (Lipinski definition) is 1. The average molecular weight is 279 g/mol. The lowest BCUT2D eigenvalue weighted by Gasteiger charge is -2.20. The first kappa shape index (κ1) is 14.7. The summed E-state index contributed by atoms with van der Waals surface area (Å²) in [5, 5.41) is 7.32. The molecule has 1 heterocycles. The summed E-state index contributed by atoms with van der Waals surface area (Å²) in [5.41, 5.74) is 2.96. The highest BCUT2D eigenvalue weighted by Gasteiger charge is 2.26. The van der Waals surface area contributed by atoms with Gasteiger partial charge >= 0.3 is 0 Å². The minimum Gasteiger partial charge on any atom is -0.309 e. The molecule has 0 aliphatic rings. The first-order valence-electron chi connectivity index (χ1n) is 6.50. The van der Waals surface area contributed by atoms with Gasteiger partial charge in [0, 0.05) is 23.9 Å². The molecular weight excluding hydrogens is 260 g/mol. The lowest BCUT2D eigenvalue weighted by Crippen LogP contribution is -2.22. The number of rotatable bonds is 3. The van der Waals surface area contributed by atoms with Crippen LogP contribution in [0.2, 0.25) is 0 Å². The molecule has 2 rings (SSSR count). The van der Waals surface area contributed by atoms with Crippen molar-refractivity contribution >= 4 is 0 Å². The summed E-state index contributed by atoms with van der Waals surface area (Å²) >= 11 is 0. The zero-order chi connectivity index (χ0) is 15.0. The second-order valence-corrected chi connectivity index (χ2v) is 5.02. The van der Waals surface area contributed by atoms with Crippen LogP contribution >= 0.6 is 0 Å². The van der Waals surface area contributed by atoms with Gasteiger partial charge in [-0.05, 0) is 39.4 Å². The lowest BCUT2D eigenvalue weighted by molar-refractivity contribution is 0.516. The van der Waals surface area contributed by atoms with Crippen molar-refractivity contribution < 1.29 is 8.78 Å². The summed E-state index contributed by atoms with van der Waals surface area (Å²) in [6.45, 7) is 5.37. The lowest BCUT2D eigenvalue weighted by atomic mass is 9.94. The zero-order valence-corrected chi connectivity index (χ0v) is 12.4. The molecule has 0 fully saturated rings.